The highest BCUT2D eigenvalue weighted by molar-refractivity contribution is 9.10. The highest BCUT2D eigenvalue weighted by atomic mass is 79.9. The minimum Gasteiger partial charge on any atom is -0.444 e. The van der Waals surface area contributed by atoms with E-state index in [1.165, 1.54) is 23.3 Å². The van der Waals surface area contributed by atoms with Crippen molar-refractivity contribution in [2.24, 2.45) is 23.7 Å². The third kappa shape index (κ3) is 7.14. The van der Waals surface area contributed by atoms with Crippen LogP contribution in [0.5, 0.6) is 0 Å². The summed E-state index contributed by atoms with van der Waals surface area (Å²) < 4.78 is 6.94. The molecule has 236 valence electrons. The number of nitrogens with zero attached hydrogens (tertiary/aromatic N) is 1. The fourth-order valence-corrected chi connectivity index (χ4v) is 7.84. The number of Topliss-reactive ketones (excluding diaryl/α,β-unsaturated/α-hetero) is 1. The molecule has 2 aromatic heterocycles. The van der Waals surface area contributed by atoms with E-state index < -0.39 is 35.1 Å². The summed E-state index contributed by atoms with van der Waals surface area (Å²) in [4.78, 5) is 76.8. The van der Waals surface area contributed by atoms with Crippen LogP contribution in [-0.4, -0.2) is 52.6 Å². The van der Waals surface area contributed by atoms with Gasteiger partial charge < -0.3 is 30.3 Å². The summed E-state index contributed by atoms with van der Waals surface area (Å²) in [6.45, 7) is 3.39. The molecule has 0 aromatic carbocycles. The lowest BCUT2D eigenvalue weighted by molar-refractivity contribution is -0.138. The molecule has 4 fully saturated rings. The second-order valence-electron chi connectivity index (χ2n) is 12.3. The van der Waals surface area contributed by atoms with Crippen molar-refractivity contribution >= 4 is 51.0 Å². The first kappa shape index (κ1) is 31.7. The van der Waals surface area contributed by atoms with Crippen LogP contribution in [0.15, 0.2) is 38.3 Å². The molecule has 4 bridgehead atoms. The quantitative estimate of drug-likeness (QED) is 0.252. The van der Waals surface area contributed by atoms with Gasteiger partial charge in [-0.1, -0.05) is 0 Å². The number of pyridine rings is 1. The largest absolute Gasteiger partial charge is 0.444 e. The molecule has 0 saturated heterocycles. The van der Waals surface area contributed by atoms with Crippen LogP contribution in [0, 0.1) is 30.6 Å². The smallest absolute Gasteiger partial charge is 0.287 e. The molecular formula is C31H38BrN5O7. The molecule has 13 heteroatoms. The van der Waals surface area contributed by atoms with E-state index in [1.807, 2.05) is 0 Å². The maximum atomic E-state index is 13.4. The van der Waals surface area contributed by atoms with Crippen molar-refractivity contribution in [2.75, 3.05) is 11.9 Å². The predicted molar refractivity (Wildman–Crippen MR) is 164 cm³/mol. The molecule has 4 aliphatic rings. The Bertz CT molecular complexity index is 1490. The van der Waals surface area contributed by atoms with Crippen LogP contribution in [0.1, 0.15) is 68.0 Å². The first-order valence-corrected chi connectivity index (χ1v) is 16.0. The average Bonchev–Trinajstić information content (AvgIpc) is 3.32. The van der Waals surface area contributed by atoms with E-state index in [1.54, 1.807) is 26.0 Å². The zero-order chi connectivity index (χ0) is 31.5. The van der Waals surface area contributed by atoms with Crippen LogP contribution in [0.4, 0.5) is 5.69 Å². The highest BCUT2D eigenvalue weighted by Crippen LogP contribution is 2.53. The zero-order valence-electron chi connectivity index (χ0n) is 24.8. The van der Waals surface area contributed by atoms with E-state index in [0.717, 1.165) is 37.5 Å². The van der Waals surface area contributed by atoms with Gasteiger partial charge in [-0.2, -0.15) is 0 Å². The van der Waals surface area contributed by atoms with Gasteiger partial charge >= 0.3 is 0 Å². The first-order chi connectivity index (χ1) is 21.0. The standard InChI is InChI=1S/C31H38BrN5O7/c1-3-33-29(41)23(38)7-6-21(34-30(42)27-16(2)9-24(32)44-27)28(40)35-22-5-4-8-37(31(22)43)15-25(39)36-26-19-11-17-10-18(13-19)14-20(26)12-17/h4-5,8-9,17-21,26H,3,6-7,10-15H2,1-2H3,(H,33,41)(H,34,42)(H,35,40)(H,36,39)/t17?,18?,19?,20?,21-,26?/m0/s1. The Kier molecular flexibility index (Phi) is 9.72. The van der Waals surface area contributed by atoms with E-state index in [0.29, 0.717) is 22.1 Å². The fourth-order valence-electron chi connectivity index (χ4n) is 7.33. The van der Waals surface area contributed by atoms with Gasteiger partial charge in [-0.15, -0.1) is 0 Å². The number of ketones is 1. The summed E-state index contributed by atoms with van der Waals surface area (Å²) >= 11 is 3.17. The number of amides is 4. The number of likely N-dealkylation sites (N-methyl/N-ethyl adjacent to an activating group) is 1. The number of carbonyl (C=O) groups excluding carboxylic acids is 5. The number of anilines is 1. The van der Waals surface area contributed by atoms with E-state index in [4.69, 9.17) is 4.42 Å². The molecule has 6 rings (SSSR count). The van der Waals surface area contributed by atoms with Crippen molar-refractivity contribution in [3.63, 3.8) is 0 Å². The second-order valence-corrected chi connectivity index (χ2v) is 13.1. The number of hydrogen-bond donors (Lipinski definition) is 4. The number of furan rings is 1. The molecule has 4 N–H and O–H groups in total. The van der Waals surface area contributed by atoms with Crippen LogP contribution in [0.2, 0.25) is 0 Å². The van der Waals surface area contributed by atoms with Gasteiger partial charge in [-0.05, 0) is 110 Å². The van der Waals surface area contributed by atoms with E-state index in [9.17, 15) is 28.8 Å². The van der Waals surface area contributed by atoms with Gasteiger partial charge in [0.15, 0.2) is 10.4 Å². The summed E-state index contributed by atoms with van der Waals surface area (Å²) in [5.74, 6) is -0.739. The Morgan fingerprint density at radius 2 is 1.75 bits per heavy atom. The van der Waals surface area contributed by atoms with Crippen LogP contribution >= 0.6 is 15.9 Å². The number of hydrogen-bond acceptors (Lipinski definition) is 7. The lowest BCUT2D eigenvalue weighted by Gasteiger charge is -2.54. The lowest BCUT2D eigenvalue weighted by atomic mass is 9.54. The molecule has 1 atom stereocenters. The summed E-state index contributed by atoms with van der Waals surface area (Å²) in [7, 11) is 0. The molecule has 2 heterocycles. The maximum Gasteiger partial charge on any atom is 0.287 e. The van der Waals surface area contributed by atoms with Gasteiger partial charge in [-0.3, -0.25) is 28.8 Å². The number of halogens is 1. The molecule has 4 aliphatic carbocycles. The normalized spacial score (nSPS) is 23.9. The Balaban J connectivity index is 1.25. The molecule has 0 radical (unpaired) electrons. The van der Waals surface area contributed by atoms with Gasteiger partial charge in [0, 0.05) is 30.8 Å². The van der Waals surface area contributed by atoms with Crippen molar-refractivity contribution < 1.29 is 28.4 Å². The van der Waals surface area contributed by atoms with Gasteiger partial charge in [-0.25, -0.2) is 0 Å². The molecule has 12 nitrogen and oxygen atoms in total. The van der Waals surface area contributed by atoms with Crippen molar-refractivity contribution in [3.8, 4) is 0 Å². The topological polar surface area (TPSA) is 169 Å². The molecule has 0 spiro atoms. The van der Waals surface area contributed by atoms with E-state index >= 15 is 0 Å². The molecule has 4 saturated carbocycles. The number of nitrogens with one attached hydrogen (secondary N) is 4. The molecule has 4 amide bonds. The SMILES string of the molecule is CCNC(=O)C(=O)CC[C@H](NC(=O)c1oc(Br)cc1C)C(=O)Nc1cccn(CC(=O)NC2C3CC4CC(C3)CC2C4)c1=O. The minimum absolute atomic E-state index is 0.0306. The summed E-state index contributed by atoms with van der Waals surface area (Å²) in [6.07, 6.45) is 6.89. The van der Waals surface area contributed by atoms with Crippen molar-refractivity contribution in [1.29, 1.82) is 0 Å². The minimum atomic E-state index is -1.28. The number of aromatic nitrogens is 1. The van der Waals surface area contributed by atoms with Gasteiger partial charge in [0.05, 0.1) is 0 Å². The third-order valence-electron chi connectivity index (χ3n) is 9.11. The highest BCUT2D eigenvalue weighted by Gasteiger charge is 2.48. The fraction of sp³-hybridized carbons (Fsp3) is 0.548. The monoisotopic (exact) mass is 671 g/mol. The lowest BCUT2D eigenvalue weighted by Crippen LogP contribution is -2.56. The Hall–Kier alpha value is -3.74. The maximum absolute atomic E-state index is 13.4. The third-order valence-corrected chi connectivity index (χ3v) is 9.50. The van der Waals surface area contributed by atoms with E-state index in [2.05, 4.69) is 37.2 Å². The van der Waals surface area contributed by atoms with Crippen molar-refractivity contribution in [2.45, 2.75) is 77.4 Å². The van der Waals surface area contributed by atoms with Crippen molar-refractivity contribution in [1.82, 2.24) is 20.5 Å². The Morgan fingerprint density at radius 1 is 1.07 bits per heavy atom. The Morgan fingerprint density at radius 3 is 2.36 bits per heavy atom. The van der Waals surface area contributed by atoms with Gasteiger partial charge in [0.1, 0.15) is 18.3 Å². The van der Waals surface area contributed by atoms with Crippen LogP contribution in [-0.2, 0) is 25.7 Å². The molecule has 0 unspecified atom stereocenters. The van der Waals surface area contributed by atoms with Crippen molar-refractivity contribution in [3.05, 3.63) is 50.7 Å². The Labute approximate surface area is 263 Å². The molecule has 44 heavy (non-hydrogen) atoms. The molecule has 0 aliphatic heterocycles. The number of rotatable bonds is 12. The molecular weight excluding hydrogens is 634 g/mol. The first-order valence-electron chi connectivity index (χ1n) is 15.2. The predicted octanol–water partition coefficient (Wildman–Crippen LogP) is 2.68. The summed E-state index contributed by atoms with van der Waals surface area (Å²) in [6, 6.07) is 3.40. The van der Waals surface area contributed by atoms with E-state index in [-0.39, 0.29) is 49.3 Å². The van der Waals surface area contributed by atoms with Gasteiger partial charge in [0.25, 0.3) is 17.4 Å². The van der Waals surface area contributed by atoms with Gasteiger partial charge in [0.2, 0.25) is 17.6 Å². The average molecular weight is 673 g/mol. The second kappa shape index (κ2) is 13.5. The zero-order valence-corrected chi connectivity index (χ0v) is 26.4. The summed E-state index contributed by atoms with van der Waals surface area (Å²) in [5, 5.41) is 10.7. The summed E-state index contributed by atoms with van der Waals surface area (Å²) in [5.41, 5.74) is -0.161. The molecule has 2 aromatic rings. The van der Waals surface area contributed by atoms with Crippen LogP contribution < -0.4 is 26.8 Å². The number of carbonyl (C=O) groups is 5. The van der Waals surface area contributed by atoms with Crippen LogP contribution in [0.3, 0.4) is 0 Å². The number of aryl methyl sites for hydroxylation is 1. The van der Waals surface area contributed by atoms with Crippen LogP contribution in [0.25, 0.3) is 0 Å².